The van der Waals surface area contributed by atoms with Gasteiger partial charge in [0, 0.05) is 11.5 Å². The number of nitrogens with one attached hydrogen (secondary N) is 1. The van der Waals surface area contributed by atoms with Crippen molar-refractivity contribution in [2.24, 2.45) is 0 Å². The molecule has 1 aromatic heterocycles. The molecule has 2 aromatic carbocycles. The average Bonchev–Trinajstić information content (AvgIpc) is 2.73. The Morgan fingerprint density at radius 3 is 2.67 bits per heavy atom. The van der Waals surface area contributed by atoms with Crippen molar-refractivity contribution < 1.29 is 14.3 Å². The van der Waals surface area contributed by atoms with Crippen LogP contribution in [0.2, 0.25) is 0 Å². The lowest BCUT2D eigenvalue weighted by Crippen LogP contribution is -2.15. The average molecular weight is 422 g/mol. The molecule has 0 aliphatic rings. The summed E-state index contributed by atoms with van der Waals surface area (Å²) in [5, 5.41) is 13.8. The Morgan fingerprint density at radius 2 is 1.93 bits per heavy atom. The van der Waals surface area contributed by atoms with Crippen LogP contribution in [0.4, 0.5) is 5.69 Å². The van der Waals surface area contributed by atoms with Gasteiger partial charge in [-0.3, -0.25) is 4.79 Å². The van der Waals surface area contributed by atoms with Crippen molar-refractivity contribution in [1.82, 2.24) is 4.98 Å². The molecule has 7 heteroatoms. The first-order valence-electron chi connectivity index (χ1n) is 9.67. The van der Waals surface area contributed by atoms with Gasteiger partial charge in [-0.25, -0.2) is 4.98 Å². The lowest BCUT2D eigenvalue weighted by Gasteiger charge is -2.13. The van der Waals surface area contributed by atoms with E-state index < -0.39 is 0 Å². The number of hydrogen-bond acceptors (Lipinski definition) is 6. The highest BCUT2D eigenvalue weighted by molar-refractivity contribution is 8.00. The van der Waals surface area contributed by atoms with E-state index in [2.05, 4.69) is 16.4 Å². The summed E-state index contributed by atoms with van der Waals surface area (Å²) in [6.07, 6.45) is 0. The summed E-state index contributed by atoms with van der Waals surface area (Å²) in [6.45, 7) is 6.79. The highest BCUT2D eigenvalue weighted by atomic mass is 32.2. The number of nitrogens with zero attached hydrogens (tertiary/aromatic N) is 2. The van der Waals surface area contributed by atoms with Crippen molar-refractivity contribution in [1.29, 1.82) is 5.26 Å². The van der Waals surface area contributed by atoms with Crippen LogP contribution in [0, 0.1) is 18.3 Å². The molecular weight excluding hydrogens is 398 g/mol. The fourth-order valence-electron chi connectivity index (χ4n) is 2.91. The van der Waals surface area contributed by atoms with Crippen molar-refractivity contribution in [3.05, 3.63) is 53.6 Å². The van der Waals surface area contributed by atoms with Gasteiger partial charge in [-0.1, -0.05) is 23.9 Å². The molecule has 3 aromatic rings. The number of hydrogen-bond donors (Lipinski definition) is 1. The lowest BCUT2D eigenvalue weighted by atomic mass is 10.1. The number of aromatic nitrogens is 1. The monoisotopic (exact) mass is 421 g/mol. The smallest absolute Gasteiger partial charge is 0.234 e. The van der Waals surface area contributed by atoms with Crippen LogP contribution in [0.1, 0.15) is 25.0 Å². The van der Waals surface area contributed by atoms with Gasteiger partial charge in [0.15, 0.2) is 0 Å². The van der Waals surface area contributed by atoms with Crippen LogP contribution in [0.25, 0.3) is 10.9 Å². The molecule has 6 nitrogen and oxygen atoms in total. The van der Waals surface area contributed by atoms with Gasteiger partial charge in [-0.2, -0.15) is 5.26 Å². The van der Waals surface area contributed by atoms with Gasteiger partial charge in [0.25, 0.3) is 0 Å². The van der Waals surface area contributed by atoms with Gasteiger partial charge in [0.2, 0.25) is 5.91 Å². The summed E-state index contributed by atoms with van der Waals surface area (Å²) in [6, 6.07) is 15.2. The minimum Gasteiger partial charge on any atom is -0.494 e. The maximum atomic E-state index is 12.6. The molecule has 0 atom stereocenters. The summed E-state index contributed by atoms with van der Waals surface area (Å²) in [5.41, 5.74) is 2.90. The number of carbonyl (C=O) groups is 1. The molecule has 0 fully saturated rings. The molecule has 0 spiro atoms. The number of rotatable bonds is 8. The van der Waals surface area contributed by atoms with E-state index in [0.29, 0.717) is 41.0 Å². The standard InChI is InChI=1S/C23H23N3O3S/c1-4-28-18-8-9-21(29-5-2)20(12-18)25-22(27)14-30-23-17(13-24)11-16-7-6-15(3)10-19(16)26-23/h6-12H,4-5,14H2,1-3H3,(H,25,27). The Labute approximate surface area is 180 Å². The fourth-order valence-corrected chi connectivity index (χ4v) is 3.68. The van der Waals surface area contributed by atoms with Crippen molar-refractivity contribution >= 4 is 34.3 Å². The Balaban J connectivity index is 1.76. The van der Waals surface area contributed by atoms with E-state index >= 15 is 0 Å². The fraction of sp³-hybridized carbons (Fsp3) is 0.261. The van der Waals surface area contributed by atoms with Gasteiger partial charge < -0.3 is 14.8 Å². The van der Waals surface area contributed by atoms with Crippen molar-refractivity contribution in [3.63, 3.8) is 0 Å². The first-order valence-corrected chi connectivity index (χ1v) is 10.7. The second-order valence-corrected chi connectivity index (χ2v) is 7.47. The van der Waals surface area contributed by atoms with Gasteiger partial charge in [-0.15, -0.1) is 0 Å². The first kappa shape index (κ1) is 21.5. The largest absolute Gasteiger partial charge is 0.494 e. The van der Waals surface area contributed by atoms with Crippen LogP contribution in [0.15, 0.2) is 47.5 Å². The SMILES string of the molecule is CCOc1ccc(OCC)c(NC(=O)CSc2nc3cc(C)ccc3cc2C#N)c1. The minimum absolute atomic E-state index is 0.115. The Hall–Kier alpha value is -3.24. The number of nitriles is 1. The second kappa shape index (κ2) is 9.99. The summed E-state index contributed by atoms with van der Waals surface area (Å²) in [5.74, 6) is 1.13. The van der Waals surface area contributed by atoms with E-state index in [1.807, 2.05) is 39.0 Å². The molecule has 0 unspecified atom stereocenters. The molecule has 0 saturated carbocycles. The quantitative estimate of drug-likeness (QED) is 0.519. The van der Waals surface area contributed by atoms with Crippen LogP contribution in [0.5, 0.6) is 11.5 Å². The van der Waals surface area contributed by atoms with Crippen LogP contribution in [-0.2, 0) is 4.79 Å². The number of pyridine rings is 1. The molecule has 0 saturated heterocycles. The maximum absolute atomic E-state index is 12.6. The zero-order valence-electron chi connectivity index (χ0n) is 17.2. The third-order valence-corrected chi connectivity index (χ3v) is 5.23. The summed E-state index contributed by atoms with van der Waals surface area (Å²) < 4.78 is 11.1. The number of carbonyl (C=O) groups excluding carboxylic acids is 1. The number of ether oxygens (including phenoxy) is 2. The van der Waals surface area contributed by atoms with Crippen LogP contribution in [0.3, 0.4) is 0 Å². The van der Waals surface area contributed by atoms with E-state index in [1.165, 1.54) is 11.8 Å². The highest BCUT2D eigenvalue weighted by Gasteiger charge is 2.13. The molecule has 1 N–H and O–H groups in total. The van der Waals surface area contributed by atoms with Crippen molar-refractivity contribution in [2.45, 2.75) is 25.8 Å². The van der Waals surface area contributed by atoms with Crippen molar-refractivity contribution in [3.8, 4) is 17.6 Å². The third kappa shape index (κ3) is 5.22. The minimum atomic E-state index is -0.218. The molecule has 0 aliphatic carbocycles. The first-order chi connectivity index (χ1) is 14.5. The van der Waals surface area contributed by atoms with Crippen LogP contribution in [-0.4, -0.2) is 29.9 Å². The Morgan fingerprint density at radius 1 is 1.13 bits per heavy atom. The Bertz CT molecular complexity index is 1110. The molecule has 1 heterocycles. The topological polar surface area (TPSA) is 84.2 Å². The number of benzene rings is 2. The van der Waals surface area contributed by atoms with E-state index in [0.717, 1.165) is 16.5 Å². The number of anilines is 1. The molecule has 1 amide bonds. The molecule has 0 radical (unpaired) electrons. The molecule has 0 bridgehead atoms. The number of amides is 1. The Kier molecular flexibility index (Phi) is 7.15. The van der Waals surface area contributed by atoms with Crippen LogP contribution < -0.4 is 14.8 Å². The van der Waals surface area contributed by atoms with Gasteiger partial charge >= 0.3 is 0 Å². The van der Waals surface area contributed by atoms with E-state index in [-0.39, 0.29) is 11.7 Å². The zero-order valence-corrected chi connectivity index (χ0v) is 18.0. The zero-order chi connectivity index (χ0) is 21.5. The van der Waals surface area contributed by atoms with Gasteiger partial charge in [0.1, 0.15) is 22.6 Å². The van der Waals surface area contributed by atoms with E-state index in [1.54, 1.807) is 24.3 Å². The second-order valence-electron chi connectivity index (χ2n) is 6.51. The summed E-state index contributed by atoms with van der Waals surface area (Å²) in [4.78, 5) is 17.2. The summed E-state index contributed by atoms with van der Waals surface area (Å²) >= 11 is 1.24. The van der Waals surface area contributed by atoms with Crippen LogP contribution >= 0.6 is 11.8 Å². The molecule has 30 heavy (non-hydrogen) atoms. The molecule has 0 aliphatic heterocycles. The normalized spacial score (nSPS) is 10.5. The van der Waals surface area contributed by atoms with E-state index in [4.69, 9.17) is 9.47 Å². The molecule has 3 rings (SSSR count). The molecular formula is C23H23N3O3S. The predicted octanol–water partition coefficient (Wildman–Crippen LogP) is 4.94. The number of aryl methyl sites for hydroxylation is 1. The van der Waals surface area contributed by atoms with Gasteiger partial charge in [0.05, 0.1) is 35.7 Å². The van der Waals surface area contributed by atoms with Gasteiger partial charge in [-0.05, 0) is 50.6 Å². The summed E-state index contributed by atoms with van der Waals surface area (Å²) in [7, 11) is 0. The third-order valence-electron chi connectivity index (χ3n) is 4.23. The predicted molar refractivity (Wildman–Crippen MR) is 119 cm³/mol. The number of thioether (sulfide) groups is 1. The van der Waals surface area contributed by atoms with E-state index in [9.17, 15) is 10.1 Å². The number of fused-ring (bicyclic) bond motifs is 1. The van der Waals surface area contributed by atoms with Crippen molar-refractivity contribution in [2.75, 3.05) is 24.3 Å². The maximum Gasteiger partial charge on any atom is 0.234 e. The highest BCUT2D eigenvalue weighted by Crippen LogP contribution is 2.30. The lowest BCUT2D eigenvalue weighted by molar-refractivity contribution is -0.113. The molecule has 154 valence electrons.